The summed E-state index contributed by atoms with van der Waals surface area (Å²) in [5, 5.41) is 8.55. The third kappa shape index (κ3) is 9.94. The first-order valence-corrected chi connectivity index (χ1v) is 50.0. The second-order valence-electron chi connectivity index (χ2n) is 25.9. The zero-order valence-electron chi connectivity index (χ0n) is 55.0. The molecule has 21 rings (SSSR count). The van der Waals surface area contributed by atoms with E-state index in [2.05, 4.69) is 155 Å². The van der Waals surface area contributed by atoms with Gasteiger partial charge >= 0.3 is 70.4 Å². The van der Waals surface area contributed by atoms with Crippen LogP contribution >= 0.6 is 0 Å². The monoisotopic (exact) mass is 1500 g/mol. The number of hydrogen-bond donors (Lipinski definition) is 0. The van der Waals surface area contributed by atoms with Crippen LogP contribution in [0.4, 0.5) is 0 Å². The van der Waals surface area contributed by atoms with Gasteiger partial charge in [0.2, 0.25) is 5.78 Å². The smallest absolute Gasteiger partial charge is 0.366 e. The molecule has 13 aromatic carbocycles. The van der Waals surface area contributed by atoms with Crippen molar-refractivity contribution in [2.75, 3.05) is 0 Å². The summed E-state index contributed by atoms with van der Waals surface area (Å²) in [7, 11) is -44.1. The summed E-state index contributed by atoms with van der Waals surface area (Å²) < 4.78 is 107. The molecule has 0 aliphatic carbocycles. The topological polar surface area (TPSA) is 133 Å². The van der Waals surface area contributed by atoms with Crippen molar-refractivity contribution in [3.63, 3.8) is 0 Å². The van der Waals surface area contributed by atoms with Gasteiger partial charge in [-0.25, -0.2) is 4.98 Å². The molecule has 8 heterocycles. The first-order chi connectivity index (χ1) is 50.7. The number of nitrogens with zero attached hydrogens (tertiary/aromatic N) is 3. The Kier molecular flexibility index (Phi) is 15.0. The van der Waals surface area contributed by atoms with Crippen molar-refractivity contribution in [3.05, 3.63) is 370 Å². The van der Waals surface area contributed by atoms with E-state index in [1.807, 2.05) is 224 Å². The van der Waals surface area contributed by atoms with Gasteiger partial charge in [0.05, 0.1) is 22.1 Å². The van der Waals surface area contributed by atoms with Crippen molar-refractivity contribution in [2.24, 2.45) is 0 Å². The van der Waals surface area contributed by atoms with Gasteiger partial charge in [-0.3, -0.25) is 8.97 Å². The predicted octanol–water partition coefficient (Wildman–Crippen LogP) is 7.14. The van der Waals surface area contributed by atoms with Crippen molar-refractivity contribution in [1.29, 1.82) is 0 Å². The standard InChI is InChI=1S/C79H61N3O12Si9/c1-10-35-63(36-11-1)95(64-37-12-2-13-38-64,72-53-32-34-62(60-72)81-77-58-30-31-59-78(77)82-76-57-29-28-56-75(76)80-79(81)82)73-54-33-55-74(61-73)103-92-100(69-47-22-7-23-48-69)86-97(66-41-16-4-17-42-66)83-96(65-39-14-3-15-40-65)84-98(88-100,67-43-18-5-19-44-67)90-102(94-103,71-51-26-9-27-52-71)91-99(85-96,68-45-20-6-21-46-68)89-101(87-97,93-103)70-49-24-8-25-50-70/h1-61H. The second-order valence-corrected chi connectivity index (χ2v) is 53.0. The molecule has 0 N–H and O–H groups in total. The van der Waals surface area contributed by atoms with Crippen molar-refractivity contribution < 1.29 is 49.4 Å². The van der Waals surface area contributed by atoms with Gasteiger partial charge < -0.3 is 49.4 Å². The second kappa shape index (κ2) is 24.4. The summed E-state index contributed by atoms with van der Waals surface area (Å²) in [5.41, 5.74) is 4.92. The number of fused-ring (bicyclic) bond motifs is 5. The molecule has 6 aliphatic rings. The molecule has 0 amide bonds. The maximum absolute atomic E-state index is 8.77. The van der Waals surface area contributed by atoms with E-state index in [-0.39, 0.29) is 0 Å². The number of imidazole rings is 2. The number of aromatic nitrogens is 3. The van der Waals surface area contributed by atoms with E-state index in [9.17, 15) is 0 Å². The van der Waals surface area contributed by atoms with Gasteiger partial charge in [0.1, 0.15) is 0 Å². The van der Waals surface area contributed by atoms with Gasteiger partial charge in [-0.2, -0.15) is 0 Å². The molecule has 15 aromatic rings. The lowest BCUT2D eigenvalue weighted by molar-refractivity contribution is -0.00299. The molecule has 6 aliphatic heterocycles. The Balaban J connectivity index is 0.924. The zero-order valence-corrected chi connectivity index (χ0v) is 64.0. The van der Waals surface area contributed by atoms with Crippen LogP contribution in [0.3, 0.4) is 0 Å². The summed E-state index contributed by atoms with van der Waals surface area (Å²) in [5.74, 6) is 0.799. The lowest BCUT2D eigenvalue weighted by Gasteiger charge is -2.62. The minimum absolute atomic E-state index is 0.522. The van der Waals surface area contributed by atoms with E-state index in [0.717, 1.165) is 54.3 Å². The minimum atomic E-state index is -5.27. The zero-order chi connectivity index (χ0) is 68.4. The summed E-state index contributed by atoms with van der Waals surface area (Å²) in [6.45, 7) is 0. The maximum Gasteiger partial charge on any atom is 0.515 e. The Morgan fingerprint density at radius 2 is 0.466 bits per heavy atom. The molecule has 0 unspecified atom stereocenters. The fourth-order valence-electron chi connectivity index (χ4n) is 15.3. The van der Waals surface area contributed by atoms with Crippen molar-refractivity contribution in [3.8, 4) is 5.69 Å². The van der Waals surface area contributed by atoms with Crippen LogP contribution in [0.2, 0.25) is 0 Å². The molecule has 500 valence electrons. The molecule has 0 atom stereocenters. The van der Waals surface area contributed by atoms with Crippen LogP contribution in [-0.2, 0) is 49.4 Å². The first kappa shape index (κ1) is 63.3. The molecule has 0 radical (unpaired) electrons. The number of hydrogen-bond acceptors (Lipinski definition) is 13. The van der Waals surface area contributed by atoms with E-state index in [1.165, 1.54) is 0 Å². The summed E-state index contributed by atoms with van der Waals surface area (Å²) in [6.07, 6.45) is 0. The predicted molar refractivity (Wildman–Crippen MR) is 414 cm³/mol. The van der Waals surface area contributed by atoms with Gasteiger partial charge in [0, 0.05) is 47.2 Å². The highest BCUT2D eigenvalue weighted by molar-refractivity contribution is 7.20. The molecule has 6 fully saturated rings. The normalized spacial score (nSPS) is 26.5. The van der Waals surface area contributed by atoms with E-state index in [1.54, 1.807) is 0 Å². The Morgan fingerprint density at radius 3 is 0.816 bits per heavy atom. The number of rotatable bonds is 13. The largest absolute Gasteiger partial charge is 0.515 e. The van der Waals surface area contributed by atoms with Crippen LogP contribution in [-0.4, -0.2) is 92.5 Å². The van der Waals surface area contributed by atoms with Gasteiger partial charge in [-0.05, 0) is 57.1 Å². The highest BCUT2D eigenvalue weighted by Crippen LogP contribution is 2.49. The van der Waals surface area contributed by atoms with Crippen LogP contribution in [0.5, 0.6) is 0 Å². The van der Waals surface area contributed by atoms with Crippen LogP contribution in [0.1, 0.15) is 0 Å². The lowest BCUT2D eigenvalue weighted by Crippen LogP contribution is -2.96. The molecule has 6 saturated heterocycles. The molecular formula is C79H61N3O12Si9. The Morgan fingerprint density at radius 1 is 0.214 bits per heavy atom. The molecule has 103 heavy (non-hydrogen) atoms. The summed E-state index contributed by atoms with van der Waals surface area (Å²) in [6, 6.07) is 124. The fourth-order valence-corrected chi connectivity index (χ4v) is 66.4. The molecule has 0 saturated carbocycles. The quantitative estimate of drug-likeness (QED) is 0.0857. The van der Waals surface area contributed by atoms with Gasteiger partial charge in [-0.15, -0.1) is 0 Å². The third-order valence-corrected chi connectivity index (χ3v) is 58.7. The lowest BCUT2D eigenvalue weighted by atomic mass is 10.2. The number of benzene rings is 13. The van der Waals surface area contributed by atoms with Crippen LogP contribution in [0, 0.1) is 0 Å². The molecule has 8 bridgehead atoms. The van der Waals surface area contributed by atoms with Gasteiger partial charge in [-0.1, -0.05) is 334 Å². The molecular weight excluding hydrogens is 1440 g/mol. The molecule has 0 spiro atoms. The van der Waals surface area contributed by atoms with E-state index >= 15 is 0 Å². The van der Waals surface area contributed by atoms with Gasteiger partial charge in [0.15, 0.2) is 8.07 Å². The van der Waals surface area contributed by atoms with Crippen LogP contribution in [0.25, 0.3) is 33.5 Å². The molecule has 2 aromatic heterocycles. The third-order valence-electron chi connectivity index (χ3n) is 19.8. The van der Waals surface area contributed by atoms with Crippen LogP contribution < -0.4 is 62.2 Å². The SMILES string of the molecule is c1ccc([Si]23O[Si]4(c5ccccc5)O[Si]5(c6ccccc6)O[Si](c6ccccc6)(O2)O[Si]2(c6ccccc6)O[Si](c6ccccc6)(O3)O[Si](c3ccccc3)(O4)O[Si](c3cccc([Si](c4ccccc4)(c4ccccc4)c4cccc(-n6c7ccccc7n7c8ccccc8nc67)c4)c3)(O5)O2)cc1. The maximum atomic E-state index is 8.77. The van der Waals surface area contributed by atoms with Gasteiger partial charge in [0.25, 0.3) is 0 Å². The fraction of sp³-hybridized carbons (Fsp3) is 0. The van der Waals surface area contributed by atoms with E-state index in [4.69, 9.17) is 54.4 Å². The highest BCUT2D eigenvalue weighted by Gasteiger charge is 2.86. The van der Waals surface area contributed by atoms with Crippen molar-refractivity contribution in [1.82, 2.24) is 14.0 Å². The average Bonchev–Trinajstić information content (AvgIpc) is 1.58. The highest BCUT2D eigenvalue weighted by atomic mass is 28.6. The molecule has 24 heteroatoms. The van der Waals surface area contributed by atoms with Crippen molar-refractivity contribution in [2.45, 2.75) is 0 Å². The Bertz CT molecular complexity index is 5360. The first-order valence-electron chi connectivity index (χ1n) is 34.2. The van der Waals surface area contributed by atoms with Crippen LogP contribution in [0.15, 0.2) is 370 Å². The minimum Gasteiger partial charge on any atom is -0.366 e. The molecule has 15 nitrogen and oxygen atoms in total. The Labute approximate surface area is 603 Å². The number of para-hydroxylation sites is 4. The van der Waals surface area contributed by atoms with E-state index in [0.29, 0.717) is 41.5 Å². The summed E-state index contributed by atoms with van der Waals surface area (Å²) >= 11 is 0. The summed E-state index contributed by atoms with van der Waals surface area (Å²) in [4.78, 5) is 5.36. The van der Waals surface area contributed by atoms with E-state index < -0.39 is 78.5 Å². The average molecular weight is 1500 g/mol. The Hall–Kier alpha value is -9.40. The van der Waals surface area contributed by atoms with Crippen molar-refractivity contribution >= 4 is 169 Å².